The average Bonchev–Trinajstić information content (AvgIpc) is 2.48. The molecule has 0 aliphatic heterocycles. The van der Waals surface area contributed by atoms with Crippen LogP contribution in [0.2, 0.25) is 0 Å². The first-order valence-electron chi connectivity index (χ1n) is 7.91. The van der Waals surface area contributed by atoms with Gasteiger partial charge in [0.25, 0.3) is 0 Å². The van der Waals surface area contributed by atoms with Crippen molar-refractivity contribution in [1.82, 2.24) is 4.72 Å². The van der Waals surface area contributed by atoms with E-state index in [4.69, 9.17) is 0 Å². The highest BCUT2D eigenvalue weighted by molar-refractivity contribution is 7.89. The molecule has 0 saturated heterocycles. The standard InChI is InChI=1S/C16H26N2O2S/c1-3-13-5-7-15(8-6-13)18-21(19,20)16-11-9-14(10-12-16)17-4-2/h9-13,15,17-18H,3-8H2,1-2H3. The lowest BCUT2D eigenvalue weighted by Gasteiger charge is -2.28. The molecule has 1 aliphatic rings. The first-order chi connectivity index (χ1) is 10.0. The molecule has 118 valence electrons. The van der Waals surface area contributed by atoms with Gasteiger partial charge in [-0.25, -0.2) is 13.1 Å². The Balaban J connectivity index is 1.98. The van der Waals surface area contributed by atoms with Crippen molar-refractivity contribution in [1.29, 1.82) is 0 Å². The van der Waals surface area contributed by atoms with E-state index >= 15 is 0 Å². The summed E-state index contributed by atoms with van der Waals surface area (Å²) in [6.07, 6.45) is 5.36. The lowest BCUT2D eigenvalue weighted by atomic mass is 9.85. The summed E-state index contributed by atoms with van der Waals surface area (Å²) in [5.41, 5.74) is 0.944. The summed E-state index contributed by atoms with van der Waals surface area (Å²) in [7, 11) is -3.39. The average molecular weight is 310 g/mol. The van der Waals surface area contributed by atoms with Crippen LogP contribution in [0.5, 0.6) is 0 Å². The second-order valence-electron chi connectivity index (χ2n) is 5.80. The van der Waals surface area contributed by atoms with E-state index in [9.17, 15) is 8.42 Å². The summed E-state index contributed by atoms with van der Waals surface area (Å²) < 4.78 is 27.6. The molecule has 1 aromatic carbocycles. The van der Waals surface area contributed by atoms with E-state index in [1.807, 2.05) is 19.1 Å². The van der Waals surface area contributed by atoms with E-state index in [1.165, 1.54) is 6.42 Å². The number of hydrogen-bond donors (Lipinski definition) is 2. The lowest BCUT2D eigenvalue weighted by Crippen LogP contribution is -2.37. The van der Waals surface area contributed by atoms with Crippen LogP contribution in [0.3, 0.4) is 0 Å². The Morgan fingerprint density at radius 2 is 1.67 bits per heavy atom. The number of benzene rings is 1. The smallest absolute Gasteiger partial charge is 0.240 e. The fourth-order valence-electron chi connectivity index (χ4n) is 2.93. The highest BCUT2D eigenvalue weighted by Crippen LogP contribution is 2.27. The first-order valence-corrected chi connectivity index (χ1v) is 9.39. The first kappa shape index (κ1) is 16.3. The predicted molar refractivity (Wildman–Crippen MR) is 87.0 cm³/mol. The van der Waals surface area contributed by atoms with Crippen molar-refractivity contribution in [2.75, 3.05) is 11.9 Å². The second kappa shape index (κ2) is 7.27. The van der Waals surface area contributed by atoms with Crippen LogP contribution in [0.25, 0.3) is 0 Å². The van der Waals surface area contributed by atoms with Gasteiger partial charge in [0.2, 0.25) is 10.0 Å². The van der Waals surface area contributed by atoms with Gasteiger partial charge in [0, 0.05) is 18.3 Å². The van der Waals surface area contributed by atoms with Crippen molar-refractivity contribution in [2.45, 2.75) is 56.9 Å². The van der Waals surface area contributed by atoms with Gasteiger partial charge in [-0.15, -0.1) is 0 Å². The molecular weight excluding hydrogens is 284 g/mol. The van der Waals surface area contributed by atoms with Gasteiger partial charge < -0.3 is 5.32 Å². The fourth-order valence-corrected chi connectivity index (χ4v) is 4.24. The third-order valence-corrected chi connectivity index (χ3v) is 5.83. The van der Waals surface area contributed by atoms with Gasteiger partial charge in [-0.1, -0.05) is 13.3 Å². The van der Waals surface area contributed by atoms with Crippen LogP contribution in [-0.4, -0.2) is 21.0 Å². The molecule has 4 nitrogen and oxygen atoms in total. The third kappa shape index (κ3) is 4.45. The number of hydrogen-bond acceptors (Lipinski definition) is 3. The molecule has 5 heteroatoms. The van der Waals surface area contributed by atoms with Crippen LogP contribution in [0.15, 0.2) is 29.2 Å². The van der Waals surface area contributed by atoms with Crippen LogP contribution < -0.4 is 10.0 Å². The van der Waals surface area contributed by atoms with E-state index < -0.39 is 10.0 Å². The highest BCUT2D eigenvalue weighted by atomic mass is 32.2. The summed E-state index contributed by atoms with van der Waals surface area (Å²) in [6.45, 7) is 5.05. The summed E-state index contributed by atoms with van der Waals surface area (Å²) in [4.78, 5) is 0.349. The van der Waals surface area contributed by atoms with E-state index in [0.717, 1.165) is 43.8 Å². The van der Waals surface area contributed by atoms with Gasteiger partial charge in [-0.05, 0) is 62.8 Å². The summed E-state index contributed by atoms with van der Waals surface area (Å²) >= 11 is 0. The molecular formula is C16H26N2O2S. The maximum absolute atomic E-state index is 12.4. The van der Waals surface area contributed by atoms with Gasteiger partial charge in [0.15, 0.2) is 0 Å². The van der Waals surface area contributed by atoms with E-state index in [1.54, 1.807) is 12.1 Å². The Hall–Kier alpha value is -1.07. The molecule has 1 aromatic rings. The summed E-state index contributed by atoms with van der Waals surface area (Å²) in [6, 6.07) is 7.04. The maximum atomic E-state index is 12.4. The molecule has 2 N–H and O–H groups in total. The molecule has 21 heavy (non-hydrogen) atoms. The molecule has 0 bridgehead atoms. The minimum Gasteiger partial charge on any atom is -0.385 e. The monoisotopic (exact) mass is 310 g/mol. The minimum absolute atomic E-state index is 0.0891. The van der Waals surface area contributed by atoms with Crippen molar-refractivity contribution in [2.24, 2.45) is 5.92 Å². The van der Waals surface area contributed by atoms with Crippen molar-refractivity contribution >= 4 is 15.7 Å². The molecule has 0 spiro atoms. The van der Waals surface area contributed by atoms with Crippen molar-refractivity contribution in [3.8, 4) is 0 Å². The Bertz CT molecular complexity index is 532. The van der Waals surface area contributed by atoms with Crippen LogP contribution in [0.1, 0.15) is 46.0 Å². The quantitative estimate of drug-likeness (QED) is 0.847. The van der Waals surface area contributed by atoms with Gasteiger partial charge in [-0.2, -0.15) is 0 Å². The van der Waals surface area contributed by atoms with Crippen molar-refractivity contribution in [3.63, 3.8) is 0 Å². The largest absolute Gasteiger partial charge is 0.385 e. The van der Waals surface area contributed by atoms with E-state index in [2.05, 4.69) is 17.0 Å². The molecule has 0 radical (unpaired) electrons. The van der Waals surface area contributed by atoms with Crippen molar-refractivity contribution < 1.29 is 8.42 Å². The zero-order valence-electron chi connectivity index (χ0n) is 12.9. The van der Waals surface area contributed by atoms with E-state index in [-0.39, 0.29) is 6.04 Å². The summed E-state index contributed by atoms with van der Waals surface area (Å²) in [5.74, 6) is 0.769. The fraction of sp³-hybridized carbons (Fsp3) is 0.625. The zero-order chi connectivity index (χ0) is 15.3. The van der Waals surface area contributed by atoms with Crippen LogP contribution >= 0.6 is 0 Å². The minimum atomic E-state index is -3.39. The number of anilines is 1. The molecule has 0 atom stereocenters. The van der Waals surface area contributed by atoms with Crippen LogP contribution in [-0.2, 0) is 10.0 Å². The van der Waals surface area contributed by atoms with Gasteiger partial charge >= 0.3 is 0 Å². The van der Waals surface area contributed by atoms with Crippen LogP contribution in [0, 0.1) is 5.92 Å². The lowest BCUT2D eigenvalue weighted by molar-refractivity contribution is 0.306. The Labute approximate surface area is 128 Å². The molecule has 0 amide bonds. The Morgan fingerprint density at radius 3 is 2.19 bits per heavy atom. The molecule has 1 fully saturated rings. The number of sulfonamides is 1. The zero-order valence-corrected chi connectivity index (χ0v) is 13.7. The predicted octanol–water partition coefficient (Wildman–Crippen LogP) is 3.37. The van der Waals surface area contributed by atoms with E-state index in [0.29, 0.717) is 4.90 Å². The number of nitrogens with one attached hydrogen (secondary N) is 2. The number of rotatable bonds is 6. The highest BCUT2D eigenvalue weighted by Gasteiger charge is 2.24. The molecule has 1 saturated carbocycles. The van der Waals surface area contributed by atoms with Gasteiger partial charge in [-0.3, -0.25) is 0 Å². The molecule has 0 heterocycles. The summed E-state index contributed by atoms with van der Waals surface area (Å²) in [5, 5.41) is 3.16. The van der Waals surface area contributed by atoms with Crippen molar-refractivity contribution in [3.05, 3.63) is 24.3 Å². The normalized spacial score (nSPS) is 23.0. The molecule has 2 rings (SSSR count). The molecule has 0 unspecified atom stereocenters. The molecule has 1 aliphatic carbocycles. The van der Waals surface area contributed by atoms with Crippen LogP contribution in [0.4, 0.5) is 5.69 Å². The Morgan fingerprint density at radius 1 is 1.05 bits per heavy atom. The SMILES string of the molecule is CCNc1ccc(S(=O)(=O)NC2CCC(CC)CC2)cc1. The maximum Gasteiger partial charge on any atom is 0.240 e. The third-order valence-electron chi connectivity index (χ3n) is 4.29. The molecule has 0 aromatic heterocycles. The topological polar surface area (TPSA) is 58.2 Å². The Kier molecular flexibility index (Phi) is 5.65. The van der Waals surface area contributed by atoms with Gasteiger partial charge in [0.1, 0.15) is 0 Å². The van der Waals surface area contributed by atoms with Gasteiger partial charge in [0.05, 0.1) is 4.90 Å². The second-order valence-corrected chi connectivity index (χ2v) is 7.52.